The standard InChI is InChI=1S/C13H12O3/c1-3-7-12(10(2)14)13(15)16-11-8-5-4-6-9-11/h4-6,8-9,12H,1-2H3. The van der Waals surface area contributed by atoms with Crippen molar-refractivity contribution in [3.63, 3.8) is 0 Å². The first-order valence-electron chi connectivity index (χ1n) is 4.84. The zero-order chi connectivity index (χ0) is 12.0. The first-order valence-corrected chi connectivity index (χ1v) is 4.84. The topological polar surface area (TPSA) is 43.4 Å². The van der Waals surface area contributed by atoms with Crippen LogP contribution in [0.1, 0.15) is 13.8 Å². The molecule has 1 aromatic carbocycles. The molecule has 3 heteroatoms. The molecule has 1 atom stereocenters. The predicted octanol–water partition coefficient (Wildman–Crippen LogP) is 1.82. The van der Waals surface area contributed by atoms with Gasteiger partial charge in [0.25, 0.3) is 0 Å². The van der Waals surface area contributed by atoms with Crippen LogP contribution in [-0.4, -0.2) is 11.8 Å². The van der Waals surface area contributed by atoms with Crippen LogP contribution in [0, 0.1) is 17.8 Å². The van der Waals surface area contributed by atoms with Crippen molar-refractivity contribution in [2.45, 2.75) is 13.8 Å². The molecule has 1 aromatic rings. The minimum absolute atomic E-state index is 0.310. The van der Waals surface area contributed by atoms with E-state index in [1.54, 1.807) is 31.2 Å². The van der Waals surface area contributed by atoms with Gasteiger partial charge in [0.05, 0.1) is 0 Å². The third-order valence-corrected chi connectivity index (χ3v) is 1.89. The van der Waals surface area contributed by atoms with E-state index in [0.29, 0.717) is 5.75 Å². The van der Waals surface area contributed by atoms with Crippen LogP contribution in [0.4, 0.5) is 0 Å². The molecule has 0 N–H and O–H groups in total. The van der Waals surface area contributed by atoms with E-state index in [9.17, 15) is 9.59 Å². The van der Waals surface area contributed by atoms with E-state index in [1.165, 1.54) is 6.92 Å². The molecule has 0 saturated heterocycles. The summed E-state index contributed by atoms with van der Waals surface area (Å²) in [6.07, 6.45) is 0. The Hall–Kier alpha value is -2.08. The Morgan fingerprint density at radius 3 is 2.38 bits per heavy atom. The maximum Gasteiger partial charge on any atom is 0.334 e. The highest BCUT2D eigenvalue weighted by molar-refractivity contribution is 6.01. The van der Waals surface area contributed by atoms with Crippen molar-refractivity contribution in [1.82, 2.24) is 0 Å². The van der Waals surface area contributed by atoms with Crippen molar-refractivity contribution >= 4 is 11.8 Å². The highest BCUT2D eigenvalue weighted by Crippen LogP contribution is 2.11. The zero-order valence-corrected chi connectivity index (χ0v) is 9.19. The smallest absolute Gasteiger partial charge is 0.334 e. The molecule has 0 aliphatic rings. The lowest BCUT2D eigenvalue weighted by Crippen LogP contribution is -2.25. The third-order valence-electron chi connectivity index (χ3n) is 1.89. The highest BCUT2D eigenvalue weighted by Gasteiger charge is 2.22. The fraction of sp³-hybridized carbons (Fsp3) is 0.231. The van der Waals surface area contributed by atoms with Gasteiger partial charge >= 0.3 is 5.97 Å². The fourth-order valence-corrected chi connectivity index (χ4v) is 1.13. The van der Waals surface area contributed by atoms with Gasteiger partial charge in [0.2, 0.25) is 0 Å². The maximum absolute atomic E-state index is 11.6. The van der Waals surface area contributed by atoms with Gasteiger partial charge in [-0.2, -0.15) is 0 Å². The molecule has 0 spiro atoms. The van der Waals surface area contributed by atoms with E-state index in [2.05, 4.69) is 11.8 Å². The van der Waals surface area contributed by atoms with Crippen LogP contribution in [0.25, 0.3) is 0 Å². The van der Waals surface area contributed by atoms with Crippen LogP contribution in [0.3, 0.4) is 0 Å². The molecule has 1 unspecified atom stereocenters. The van der Waals surface area contributed by atoms with E-state index in [-0.39, 0.29) is 5.78 Å². The van der Waals surface area contributed by atoms with Crippen molar-refractivity contribution in [3.05, 3.63) is 30.3 Å². The molecule has 0 aliphatic heterocycles. The first kappa shape index (κ1) is 12.0. The van der Waals surface area contributed by atoms with Gasteiger partial charge in [0, 0.05) is 0 Å². The average molecular weight is 216 g/mol. The number of para-hydroxylation sites is 1. The molecule has 0 fully saturated rings. The van der Waals surface area contributed by atoms with Crippen LogP contribution in [-0.2, 0) is 9.59 Å². The number of rotatable bonds is 3. The summed E-state index contributed by atoms with van der Waals surface area (Å²) in [4.78, 5) is 22.8. The lowest BCUT2D eigenvalue weighted by atomic mass is 10.1. The van der Waals surface area contributed by atoms with Crippen molar-refractivity contribution < 1.29 is 14.3 Å². The Balaban J connectivity index is 2.77. The van der Waals surface area contributed by atoms with Gasteiger partial charge in [0.1, 0.15) is 5.75 Å². The second-order valence-electron chi connectivity index (χ2n) is 3.17. The number of ketones is 1. The van der Waals surface area contributed by atoms with E-state index in [1.807, 2.05) is 6.07 Å². The van der Waals surface area contributed by atoms with Crippen LogP contribution < -0.4 is 4.74 Å². The third kappa shape index (κ3) is 3.25. The summed E-state index contributed by atoms with van der Waals surface area (Å²) in [6.45, 7) is 2.90. The number of hydrogen-bond acceptors (Lipinski definition) is 3. The summed E-state index contributed by atoms with van der Waals surface area (Å²) in [5.41, 5.74) is 0. The molecule has 0 aromatic heterocycles. The number of esters is 1. The van der Waals surface area contributed by atoms with Gasteiger partial charge < -0.3 is 4.74 Å². The summed E-state index contributed by atoms with van der Waals surface area (Å²) < 4.78 is 5.03. The van der Waals surface area contributed by atoms with E-state index in [4.69, 9.17) is 4.74 Å². The minimum Gasteiger partial charge on any atom is -0.425 e. The number of carbonyl (C=O) groups excluding carboxylic acids is 2. The lowest BCUT2D eigenvalue weighted by molar-refractivity contribution is -0.140. The molecular formula is C13H12O3. The molecule has 0 saturated carbocycles. The highest BCUT2D eigenvalue weighted by atomic mass is 16.5. The molecule has 1 rings (SSSR count). The Morgan fingerprint density at radius 1 is 1.25 bits per heavy atom. The average Bonchev–Trinajstić information content (AvgIpc) is 2.26. The maximum atomic E-state index is 11.6. The molecule has 0 heterocycles. The van der Waals surface area contributed by atoms with Gasteiger partial charge in [-0.1, -0.05) is 24.1 Å². The summed E-state index contributed by atoms with van der Waals surface area (Å²) >= 11 is 0. The van der Waals surface area contributed by atoms with E-state index in [0.717, 1.165) is 0 Å². The van der Waals surface area contributed by atoms with Crippen LogP contribution in [0.15, 0.2) is 30.3 Å². The number of Topliss-reactive ketones (excluding diaryl/α,β-unsaturated/α-hetero) is 1. The quantitative estimate of drug-likeness (QED) is 0.335. The molecule has 0 bridgehead atoms. The van der Waals surface area contributed by atoms with Crippen molar-refractivity contribution in [2.24, 2.45) is 5.92 Å². The summed E-state index contributed by atoms with van der Waals surface area (Å²) in [5, 5.41) is 0. The normalized spacial score (nSPS) is 10.9. The van der Waals surface area contributed by atoms with Crippen molar-refractivity contribution in [3.8, 4) is 17.6 Å². The van der Waals surface area contributed by atoms with Gasteiger partial charge in [-0.3, -0.25) is 4.79 Å². The van der Waals surface area contributed by atoms with Crippen LogP contribution >= 0.6 is 0 Å². The molecule has 0 aliphatic carbocycles. The number of ether oxygens (including phenoxy) is 1. The Bertz CT molecular complexity index is 437. The Labute approximate surface area is 94.4 Å². The largest absolute Gasteiger partial charge is 0.425 e. The Kier molecular flexibility index (Phi) is 4.28. The lowest BCUT2D eigenvalue weighted by Gasteiger charge is -2.07. The number of hydrogen-bond donors (Lipinski definition) is 0. The predicted molar refractivity (Wildman–Crippen MR) is 59.7 cm³/mol. The number of carbonyl (C=O) groups is 2. The minimum atomic E-state index is -0.995. The zero-order valence-electron chi connectivity index (χ0n) is 9.19. The second-order valence-corrected chi connectivity index (χ2v) is 3.17. The molecule has 3 nitrogen and oxygen atoms in total. The van der Waals surface area contributed by atoms with Gasteiger partial charge in [-0.05, 0) is 26.0 Å². The molecule has 82 valence electrons. The molecule has 16 heavy (non-hydrogen) atoms. The van der Waals surface area contributed by atoms with E-state index >= 15 is 0 Å². The van der Waals surface area contributed by atoms with Crippen LogP contribution in [0.2, 0.25) is 0 Å². The molecule has 0 radical (unpaired) electrons. The van der Waals surface area contributed by atoms with Crippen molar-refractivity contribution in [1.29, 1.82) is 0 Å². The summed E-state index contributed by atoms with van der Waals surface area (Å²) in [5.74, 6) is 3.55. The van der Waals surface area contributed by atoms with Gasteiger partial charge in [-0.15, -0.1) is 5.92 Å². The molecular weight excluding hydrogens is 204 g/mol. The SMILES string of the molecule is CC#CC(C(C)=O)C(=O)Oc1ccccc1. The monoisotopic (exact) mass is 216 g/mol. The second kappa shape index (κ2) is 5.72. The van der Waals surface area contributed by atoms with Gasteiger partial charge in [0.15, 0.2) is 11.7 Å². The van der Waals surface area contributed by atoms with Crippen LogP contribution in [0.5, 0.6) is 5.75 Å². The fourth-order valence-electron chi connectivity index (χ4n) is 1.13. The Morgan fingerprint density at radius 2 is 1.88 bits per heavy atom. The van der Waals surface area contributed by atoms with Crippen molar-refractivity contribution in [2.75, 3.05) is 0 Å². The molecule has 0 amide bonds. The van der Waals surface area contributed by atoms with E-state index < -0.39 is 11.9 Å². The van der Waals surface area contributed by atoms with Gasteiger partial charge in [-0.25, -0.2) is 4.79 Å². The summed E-state index contributed by atoms with van der Waals surface area (Å²) in [7, 11) is 0. The first-order chi connectivity index (χ1) is 7.65. The summed E-state index contributed by atoms with van der Waals surface area (Å²) in [6, 6.07) is 8.60. The number of benzene rings is 1.